The highest BCUT2D eigenvalue weighted by Crippen LogP contribution is 2.39. The number of aromatic carboxylic acids is 1. The normalized spacial score (nSPS) is 13.2. The number of hydrogen-bond donors (Lipinski definition) is 2. The number of amides is 1. The average molecular weight is 476 g/mol. The molecule has 0 fully saturated rings. The van der Waals surface area contributed by atoms with Gasteiger partial charge in [-0.1, -0.05) is 0 Å². The van der Waals surface area contributed by atoms with E-state index in [1.165, 1.54) is 11.3 Å². The Bertz CT molecular complexity index is 1340. The Balaban J connectivity index is 1.69. The molecule has 2 aromatic heterocycles. The summed E-state index contributed by atoms with van der Waals surface area (Å²) in [5.74, 6) is -0.775. The molecule has 1 amide bonds. The molecule has 0 saturated carbocycles. The fourth-order valence-electron chi connectivity index (χ4n) is 4.35. The van der Waals surface area contributed by atoms with Crippen LogP contribution in [0.5, 0.6) is 5.75 Å². The Kier molecular flexibility index (Phi) is 6.57. The number of carbonyl (C=O) groups excluding carboxylic acids is 1. The number of nitriles is 1. The summed E-state index contributed by atoms with van der Waals surface area (Å²) in [6.07, 6.45) is 5.29. The number of aromatic nitrogens is 1. The Labute approximate surface area is 201 Å². The Hall–Kier alpha value is -3.83. The third kappa shape index (κ3) is 4.35. The van der Waals surface area contributed by atoms with E-state index < -0.39 is 11.9 Å². The first kappa shape index (κ1) is 23.3. The smallest absolute Gasteiger partial charge is 0.339 e. The van der Waals surface area contributed by atoms with Crippen molar-refractivity contribution in [3.63, 3.8) is 0 Å². The standard InChI is InChI=1S/C26H25N3O4S/c1-15-12-17(13-18(14-27)24(30)28-19-8-10-20(33-3)11-9-19)16(2)29(15)25-23(26(31)32)21-6-4-5-7-22(21)34-25/h8-13H,4-7H2,1-3H3,(H,28,30)(H,31,32)/b18-13-. The Morgan fingerprint density at radius 2 is 1.91 bits per heavy atom. The van der Waals surface area contributed by atoms with Crippen LogP contribution in [0.15, 0.2) is 35.9 Å². The lowest BCUT2D eigenvalue weighted by Gasteiger charge is -2.11. The molecule has 0 radical (unpaired) electrons. The van der Waals surface area contributed by atoms with E-state index in [-0.39, 0.29) is 5.57 Å². The molecule has 3 aromatic rings. The van der Waals surface area contributed by atoms with Crippen molar-refractivity contribution in [1.29, 1.82) is 5.26 Å². The van der Waals surface area contributed by atoms with Gasteiger partial charge in [-0.05, 0) is 87.1 Å². The quantitative estimate of drug-likeness (QED) is 0.372. The van der Waals surface area contributed by atoms with Gasteiger partial charge in [0.1, 0.15) is 22.4 Å². The van der Waals surface area contributed by atoms with Crippen LogP contribution in [0.2, 0.25) is 0 Å². The molecule has 0 bridgehead atoms. The van der Waals surface area contributed by atoms with Crippen LogP contribution >= 0.6 is 11.3 Å². The minimum atomic E-state index is -0.921. The van der Waals surface area contributed by atoms with E-state index in [2.05, 4.69) is 5.32 Å². The summed E-state index contributed by atoms with van der Waals surface area (Å²) in [4.78, 5) is 26.0. The second-order valence-corrected chi connectivity index (χ2v) is 9.29. The highest BCUT2D eigenvalue weighted by Gasteiger charge is 2.27. The monoisotopic (exact) mass is 475 g/mol. The highest BCUT2D eigenvalue weighted by atomic mass is 32.1. The molecule has 0 unspecified atom stereocenters. The minimum absolute atomic E-state index is 0.0417. The number of nitrogens with one attached hydrogen (secondary N) is 1. The maximum absolute atomic E-state index is 12.7. The van der Waals surface area contributed by atoms with E-state index in [9.17, 15) is 20.0 Å². The molecule has 2 heterocycles. The number of benzene rings is 1. The van der Waals surface area contributed by atoms with Gasteiger partial charge in [-0.2, -0.15) is 5.26 Å². The van der Waals surface area contributed by atoms with Crippen LogP contribution < -0.4 is 10.1 Å². The molecule has 8 heteroatoms. The summed E-state index contributed by atoms with van der Waals surface area (Å²) in [6, 6.07) is 10.7. The van der Waals surface area contributed by atoms with Gasteiger partial charge in [0, 0.05) is 22.0 Å². The number of anilines is 1. The molecule has 0 aliphatic heterocycles. The zero-order chi connectivity index (χ0) is 24.4. The Morgan fingerprint density at radius 1 is 1.21 bits per heavy atom. The molecule has 4 rings (SSSR count). The van der Waals surface area contributed by atoms with Crippen LogP contribution in [0.4, 0.5) is 5.69 Å². The summed E-state index contributed by atoms with van der Waals surface area (Å²) in [5.41, 5.74) is 4.14. The van der Waals surface area contributed by atoms with Gasteiger partial charge >= 0.3 is 5.97 Å². The van der Waals surface area contributed by atoms with E-state index in [0.29, 0.717) is 27.6 Å². The topological polar surface area (TPSA) is 104 Å². The van der Waals surface area contributed by atoms with Crippen LogP contribution in [0.3, 0.4) is 0 Å². The van der Waals surface area contributed by atoms with Gasteiger partial charge in [0.05, 0.1) is 12.7 Å². The second-order valence-electron chi connectivity index (χ2n) is 8.21. The van der Waals surface area contributed by atoms with E-state index in [1.807, 2.05) is 30.6 Å². The number of carboxylic acids is 1. The van der Waals surface area contributed by atoms with Gasteiger partial charge in [-0.25, -0.2) is 4.79 Å². The molecular weight excluding hydrogens is 450 g/mol. The van der Waals surface area contributed by atoms with Gasteiger partial charge in [0.15, 0.2) is 0 Å². The number of carbonyl (C=O) groups is 2. The largest absolute Gasteiger partial charge is 0.497 e. The Morgan fingerprint density at radius 3 is 2.56 bits per heavy atom. The number of thiophene rings is 1. The highest BCUT2D eigenvalue weighted by molar-refractivity contribution is 7.15. The first-order valence-electron chi connectivity index (χ1n) is 11.0. The molecular formula is C26H25N3O4S. The van der Waals surface area contributed by atoms with Crippen molar-refractivity contribution in [2.75, 3.05) is 12.4 Å². The zero-order valence-corrected chi connectivity index (χ0v) is 20.1. The molecule has 0 spiro atoms. The van der Waals surface area contributed by atoms with Crippen molar-refractivity contribution < 1.29 is 19.4 Å². The van der Waals surface area contributed by atoms with Gasteiger partial charge in [-0.15, -0.1) is 11.3 Å². The summed E-state index contributed by atoms with van der Waals surface area (Å²) in [6.45, 7) is 3.78. The number of carboxylic acid groups (broad SMARTS) is 1. The van der Waals surface area contributed by atoms with E-state index >= 15 is 0 Å². The van der Waals surface area contributed by atoms with Crippen LogP contribution in [-0.2, 0) is 17.6 Å². The third-order valence-corrected chi connectivity index (χ3v) is 7.33. The summed E-state index contributed by atoms with van der Waals surface area (Å²) in [7, 11) is 1.56. The summed E-state index contributed by atoms with van der Waals surface area (Å²) in [5, 5.41) is 23.0. The molecule has 1 aromatic carbocycles. The summed E-state index contributed by atoms with van der Waals surface area (Å²) < 4.78 is 7.05. The number of methoxy groups -OCH3 is 1. The minimum Gasteiger partial charge on any atom is -0.497 e. The zero-order valence-electron chi connectivity index (χ0n) is 19.3. The number of rotatable bonds is 6. The SMILES string of the molecule is COc1ccc(NC(=O)/C(C#N)=C\c2cc(C)n(-c3sc4c(c3C(=O)O)CCCC4)c2C)cc1. The fourth-order valence-corrected chi connectivity index (χ4v) is 5.84. The third-order valence-electron chi connectivity index (χ3n) is 6.05. The lowest BCUT2D eigenvalue weighted by molar-refractivity contribution is -0.112. The van der Waals surface area contributed by atoms with Gasteiger partial charge in [0.2, 0.25) is 0 Å². The lowest BCUT2D eigenvalue weighted by atomic mass is 9.95. The predicted octanol–water partition coefficient (Wildman–Crippen LogP) is 5.29. The van der Waals surface area contributed by atoms with Gasteiger partial charge < -0.3 is 19.7 Å². The molecule has 2 N–H and O–H groups in total. The molecule has 34 heavy (non-hydrogen) atoms. The lowest BCUT2D eigenvalue weighted by Crippen LogP contribution is -2.13. The number of ether oxygens (including phenoxy) is 1. The molecule has 0 atom stereocenters. The van der Waals surface area contributed by atoms with E-state index in [4.69, 9.17) is 4.74 Å². The maximum atomic E-state index is 12.7. The first-order valence-corrected chi connectivity index (χ1v) is 11.8. The summed E-state index contributed by atoms with van der Waals surface area (Å²) >= 11 is 1.53. The molecule has 174 valence electrons. The van der Waals surface area contributed by atoms with Crippen molar-refractivity contribution in [3.05, 3.63) is 68.9 Å². The van der Waals surface area contributed by atoms with Crippen LogP contribution in [0.25, 0.3) is 11.1 Å². The predicted molar refractivity (Wildman–Crippen MR) is 132 cm³/mol. The number of hydrogen-bond acceptors (Lipinski definition) is 5. The number of aryl methyl sites for hydroxylation is 2. The maximum Gasteiger partial charge on any atom is 0.339 e. The van der Waals surface area contributed by atoms with Crippen molar-refractivity contribution >= 4 is 35.0 Å². The molecule has 1 aliphatic rings. The number of fused-ring (bicyclic) bond motifs is 1. The van der Waals surface area contributed by atoms with Crippen LogP contribution in [0.1, 0.15) is 50.6 Å². The van der Waals surface area contributed by atoms with Crippen molar-refractivity contribution in [2.45, 2.75) is 39.5 Å². The van der Waals surface area contributed by atoms with E-state index in [1.54, 1.807) is 37.5 Å². The van der Waals surface area contributed by atoms with Gasteiger partial charge in [0.25, 0.3) is 5.91 Å². The van der Waals surface area contributed by atoms with Crippen LogP contribution in [-0.4, -0.2) is 28.7 Å². The van der Waals surface area contributed by atoms with Crippen molar-refractivity contribution in [1.82, 2.24) is 4.57 Å². The molecule has 7 nitrogen and oxygen atoms in total. The van der Waals surface area contributed by atoms with Crippen LogP contribution in [0, 0.1) is 25.2 Å². The second kappa shape index (κ2) is 9.57. The fraction of sp³-hybridized carbons (Fsp3) is 0.269. The molecule has 0 saturated heterocycles. The number of nitrogens with zero attached hydrogens (tertiary/aromatic N) is 2. The molecule has 1 aliphatic carbocycles. The van der Waals surface area contributed by atoms with Crippen molar-refractivity contribution in [3.8, 4) is 16.8 Å². The average Bonchev–Trinajstić information content (AvgIpc) is 3.33. The van der Waals surface area contributed by atoms with Gasteiger partial charge in [-0.3, -0.25) is 4.79 Å². The van der Waals surface area contributed by atoms with Crippen molar-refractivity contribution in [2.24, 2.45) is 0 Å². The van der Waals surface area contributed by atoms with E-state index in [0.717, 1.165) is 47.5 Å². The first-order chi connectivity index (χ1) is 16.3.